The number of hydrogen-bond donors (Lipinski definition) is 1. The number of hydrogen-bond acceptors (Lipinski definition) is 5. The molecule has 1 aromatic heterocycles. The fourth-order valence-corrected chi connectivity index (χ4v) is 4.23. The molecule has 2 aromatic rings. The van der Waals surface area contributed by atoms with E-state index < -0.39 is 0 Å². The van der Waals surface area contributed by atoms with Crippen molar-refractivity contribution < 1.29 is 4.79 Å². The Morgan fingerprint density at radius 1 is 0.897 bits per heavy atom. The van der Waals surface area contributed by atoms with Gasteiger partial charge in [0.05, 0.1) is 6.54 Å². The quantitative estimate of drug-likeness (QED) is 0.813. The molecule has 0 atom stereocenters. The Labute approximate surface area is 173 Å². The van der Waals surface area contributed by atoms with Gasteiger partial charge in [0, 0.05) is 58.1 Å². The molecular weight excluding hydrogens is 362 g/mol. The molecule has 154 valence electrons. The van der Waals surface area contributed by atoms with E-state index >= 15 is 0 Å². The molecule has 2 fully saturated rings. The number of likely N-dealkylation sites (tertiary alicyclic amines) is 1. The van der Waals surface area contributed by atoms with E-state index in [1.54, 1.807) is 0 Å². The van der Waals surface area contributed by atoms with E-state index in [2.05, 4.69) is 55.3 Å². The molecule has 2 saturated heterocycles. The monoisotopic (exact) mass is 393 g/mol. The second kappa shape index (κ2) is 9.85. The van der Waals surface area contributed by atoms with Crippen molar-refractivity contribution >= 4 is 11.7 Å². The van der Waals surface area contributed by atoms with Gasteiger partial charge < -0.3 is 10.2 Å². The first-order chi connectivity index (χ1) is 14.3. The van der Waals surface area contributed by atoms with Gasteiger partial charge in [0.2, 0.25) is 5.91 Å². The summed E-state index contributed by atoms with van der Waals surface area (Å²) >= 11 is 0. The smallest absolute Gasteiger partial charge is 0.234 e. The fraction of sp³-hybridized carbons (Fsp3) is 0.478. The molecule has 6 heteroatoms. The lowest BCUT2D eigenvalue weighted by atomic mass is 10.0. The van der Waals surface area contributed by atoms with E-state index in [0.717, 1.165) is 64.5 Å². The molecule has 2 aliphatic heterocycles. The predicted molar refractivity (Wildman–Crippen MR) is 116 cm³/mol. The van der Waals surface area contributed by atoms with Crippen molar-refractivity contribution in [1.82, 2.24) is 20.1 Å². The van der Waals surface area contributed by atoms with Gasteiger partial charge in [-0.25, -0.2) is 4.98 Å². The second-order valence-corrected chi connectivity index (χ2v) is 8.05. The summed E-state index contributed by atoms with van der Waals surface area (Å²) in [6, 6.07) is 16.9. The lowest BCUT2D eigenvalue weighted by molar-refractivity contribution is -0.123. The van der Waals surface area contributed by atoms with E-state index in [1.807, 2.05) is 24.4 Å². The minimum atomic E-state index is 0.165. The topological polar surface area (TPSA) is 51.7 Å². The van der Waals surface area contributed by atoms with Gasteiger partial charge in [-0.05, 0) is 30.5 Å². The maximum absolute atomic E-state index is 12.5. The lowest BCUT2D eigenvalue weighted by Crippen LogP contribution is -2.51. The molecular formula is C23H31N5O. The lowest BCUT2D eigenvalue weighted by Gasteiger charge is -2.36. The largest absolute Gasteiger partial charge is 0.354 e. The number of aromatic nitrogens is 1. The number of rotatable bonds is 6. The maximum atomic E-state index is 12.5. The number of piperidine rings is 1. The molecule has 0 spiro atoms. The molecule has 4 rings (SSSR count). The summed E-state index contributed by atoms with van der Waals surface area (Å²) in [5.41, 5.74) is 1.36. The zero-order valence-electron chi connectivity index (χ0n) is 17.0. The molecule has 3 heterocycles. The van der Waals surface area contributed by atoms with Crippen LogP contribution in [0.5, 0.6) is 0 Å². The van der Waals surface area contributed by atoms with Gasteiger partial charge in [-0.3, -0.25) is 14.6 Å². The van der Waals surface area contributed by atoms with E-state index in [1.165, 1.54) is 5.56 Å². The SMILES string of the molecule is O=C(CN1CCN(c2ccccn2)CC1)NC1CCN(Cc2ccccc2)CC1. The number of nitrogens with zero attached hydrogens (tertiary/aromatic N) is 4. The van der Waals surface area contributed by atoms with Crippen molar-refractivity contribution in [2.45, 2.75) is 25.4 Å². The van der Waals surface area contributed by atoms with Crippen molar-refractivity contribution in [3.63, 3.8) is 0 Å². The molecule has 0 aliphatic carbocycles. The summed E-state index contributed by atoms with van der Waals surface area (Å²) in [4.78, 5) is 24.0. The van der Waals surface area contributed by atoms with E-state index in [-0.39, 0.29) is 5.91 Å². The first kappa shape index (κ1) is 19.9. The Morgan fingerprint density at radius 3 is 2.31 bits per heavy atom. The van der Waals surface area contributed by atoms with Gasteiger partial charge in [-0.2, -0.15) is 0 Å². The normalized spacial score (nSPS) is 19.2. The Kier molecular flexibility index (Phi) is 6.75. The van der Waals surface area contributed by atoms with Crippen molar-refractivity contribution in [3.8, 4) is 0 Å². The van der Waals surface area contributed by atoms with Crippen LogP contribution in [-0.2, 0) is 11.3 Å². The van der Waals surface area contributed by atoms with Crippen LogP contribution in [0.1, 0.15) is 18.4 Å². The molecule has 0 saturated carbocycles. The van der Waals surface area contributed by atoms with Crippen molar-refractivity contribution in [3.05, 3.63) is 60.3 Å². The Bertz CT molecular complexity index is 753. The number of benzene rings is 1. The second-order valence-electron chi connectivity index (χ2n) is 8.05. The van der Waals surface area contributed by atoms with Crippen molar-refractivity contribution in [2.24, 2.45) is 0 Å². The highest BCUT2D eigenvalue weighted by atomic mass is 16.2. The van der Waals surface area contributed by atoms with E-state index in [9.17, 15) is 4.79 Å². The number of pyridine rings is 1. The number of amides is 1. The van der Waals surface area contributed by atoms with Crippen molar-refractivity contribution in [2.75, 3.05) is 50.7 Å². The van der Waals surface area contributed by atoms with Crippen LogP contribution in [0.25, 0.3) is 0 Å². The summed E-state index contributed by atoms with van der Waals surface area (Å²) in [5, 5.41) is 3.26. The highest BCUT2D eigenvalue weighted by Crippen LogP contribution is 2.15. The van der Waals surface area contributed by atoms with Crippen LogP contribution in [0.2, 0.25) is 0 Å². The van der Waals surface area contributed by atoms with Gasteiger partial charge >= 0.3 is 0 Å². The average molecular weight is 394 g/mol. The number of nitrogens with one attached hydrogen (secondary N) is 1. The minimum Gasteiger partial charge on any atom is -0.354 e. The fourth-order valence-electron chi connectivity index (χ4n) is 4.23. The molecule has 0 radical (unpaired) electrons. The van der Waals surface area contributed by atoms with Crippen LogP contribution in [0, 0.1) is 0 Å². The van der Waals surface area contributed by atoms with Crippen LogP contribution in [0.4, 0.5) is 5.82 Å². The highest BCUT2D eigenvalue weighted by molar-refractivity contribution is 5.78. The number of piperazine rings is 1. The van der Waals surface area contributed by atoms with Crippen LogP contribution in [0.3, 0.4) is 0 Å². The summed E-state index contributed by atoms with van der Waals surface area (Å²) in [7, 11) is 0. The Hall–Kier alpha value is -2.44. The van der Waals surface area contributed by atoms with E-state index in [0.29, 0.717) is 12.6 Å². The standard InChI is InChI=1S/C23H31N5O/c29-23(19-27-14-16-28(17-15-27)22-8-4-5-11-24-22)25-21-9-12-26(13-10-21)18-20-6-2-1-3-7-20/h1-8,11,21H,9-10,12-19H2,(H,25,29). The summed E-state index contributed by atoms with van der Waals surface area (Å²) in [5.74, 6) is 1.19. The van der Waals surface area contributed by atoms with Crippen LogP contribution < -0.4 is 10.2 Å². The van der Waals surface area contributed by atoms with Crippen LogP contribution in [0.15, 0.2) is 54.7 Å². The molecule has 1 aromatic carbocycles. The highest BCUT2D eigenvalue weighted by Gasteiger charge is 2.23. The number of carbonyl (C=O) groups is 1. The van der Waals surface area contributed by atoms with Gasteiger partial charge in [-0.15, -0.1) is 0 Å². The molecule has 0 unspecified atom stereocenters. The third-order valence-corrected chi connectivity index (χ3v) is 5.91. The predicted octanol–water partition coefficient (Wildman–Crippen LogP) is 1.98. The van der Waals surface area contributed by atoms with Gasteiger partial charge in [0.1, 0.15) is 5.82 Å². The zero-order valence-corrected chi connectivity index (χ0v) is 17.0. The number of anilines is 1. The first-order valence-electron chi connectivity index (χ1n) is 10.7. The van der Waals surface area contributed by atoms with E-state index in [4.69, 9.17) is 0 Å². The molecule has 1 N–H and O–H groups in total. The zero-order chi connectivity index (χ0) is 19.9. The average Bonchev–Trinajstić information content (AvgIpc) is 2.77. The maximum Gasteiger partial charge on any atom is 0.234 e. The summed E-state index contributed by atoms with van der Waals surface area (Å²) in [6.07, 6.45) is 3.90. The Balaban J connectivity index is 1.15. The third kappa shape index (κ3) is 5.78. The Morgan fingerprint density at radius 2 is 1.62 bits per heavy atom. The third-order valence-electron chi connectivity index (χ3n) is 5.91. The molecule has 2 aliphatic rings. The number of carbonyl (C=O) groups excluding carboxylic acids is 1. The van der Waals surface area contributed by atoms with Crippen LogP contribution >= 0.6 is 0 Å². The first-order valence-corrected chi connectivity index (χ1v) is 10.7. The molecule has 0 bridgehead atoms. The molecule has 1 amide bonds. The summed E-state index contributed by atoms with van der Waals surface area (Å²) in [6.45, 7) is 7.23. The van der Waals surface area contributed by atoms with Crippen LogP contribution in [-0.4, -0.2) is 72.5 Å². The van der Waals surface area contributed by atoms with Gasteiger partial charge in [-0.1, -0.05) is 36.4 Å². The van der Waals surface area contributed by atoms with Gasteiger partial charge in [0.25, 0.3) is 0 Å². The van der Waals surface area contributed by atoms with Gasteiger partial charge in [0.15, 0.2) is 0 Å². The minimum absolute atomic E-state index is 0.165. The van der Waals surface area contributed by atoms with Crippen molar-refractivity contribution in [1.29, 1.82) is 0 Å². The molecule has 6 nitrogen and oxygen atoms in total. The summed E-state index contributed by atoms with van der Waals surface area (Å²) < 4.78 is 0. The molecule has 29 heavy (non-hydrogen) atoms.